The molecule has 0 saturated carbocycles. The maximum atomic E-state index is 13.6. The van der Waals surface area contributed by atoms with Crippen molar-refractivity contribution in [3.8, 4) is 0 Å². The van der Waals surface area contributed by atoms with Crippen molar-refractivity contribution in [2.45, 2.75) is 51.9 Å². The number of hydrogen-bond acceptors (Lipinski definition) is 5. The highest BCUT2D eigenvalue weighted by atomic mass is 19.2. The summed E-state index contributed by atoms with van der Waals surface area (Å²) < 4.78 is 34.3. The van der Waals surface area contributed by atoms with Crippen LogP contribution in [0.4, 0.5) is 8.78 Å². The Morgan fingerprint density at radius 2 is 2.03 bits per heavy atom. The minimum atomic E-state index is -0.937. The maximum Gasteiger partial charge on any atom is 0.349 e. The van der Waals surface area contributed by atoms with Gasteiger partial charge in [-0.1, -0.05) is 26.8 Å². The summed E-state index contributed by atoms with van der Waals surface area (Å²) in [4.78, 5) is 24.0. The number of fused-ring (bicyclic) bond motifs is 1. The molecule has 0 aliphatic heterocycles. The smallest absolute Gasteiger partial charge is 0.349 e. The van der Waals surface area contributed by atoms with Gasteiger partial charge in [-0.15, -0.1) is 0 Å². The van der Waals surface area contributed by atoms with Crippen LogP contribution in [0.15, 0.2) is 40.2 Å². The molecular weight excluding hydrogens is 456 g/mol. The van der Waals surface area contributed by atoms with Crippen LogP contribution in [0.1, 0.15) is 38.4 Å². The van der Waals surface area contributed by atoms with E-state index in [4.69, 9.17) is 16.2 Å². The summed E-state index contributed by atoms with van der Waals surface area (Å²) in [5.41, 5.74) is 12.1. The Kier molecular flexibility index (Phi) is 8.57. The fraction of sp³-hybridized carbons (Fsp3) is 0.458. The number of hydrogen-bond donors (Lipinski definition) is 4. The van der Waals surface area contributed by atoms with E-state index in [0.29, 0.717) is 37.3 Å². The van der Waals surface area contributed by atoms with Crippen molar-refractivity contribution in [3.63, 3.8) is 0 Å². The van der Waals surface area contributed by atoms with E-state index in [2.05, 4.69) is 41.0 Å². The van der Waals surface area contributed by atoms with Crippen LogP contribution < -0.4 is 22.5 Å². The molecule has 3 rings (SSSR count). The van der Waals surface area contributed by atoms with Crippen LogP contribution in [0.3, 0.4) is 0 Å². The molecule has 0 radical (unpaired) electrons. The van der Waals surface area contributed by atoms with Crippen LogP contribution in [-0.2, 0) is 23.3 Å². The third-order valence-electron chi connectivity index (χ3n) is 5.43. The van der Waals surface area contributed by atoms with Gasteiger partial charge in [0.15, 0.2) is 17.6 Å². The average molecular weight is 490 g/mol. The molecule has 11 heteroatoms. The normalized spacial score (nSPS) is 12.7. The number of rotatable bonds is 11. The number of nitrogens with zero attached hydrogens (tertiary/aromatic N) is 3. The summed E-state index contributed by atoms with van der Waals surface area (Å²) >= 11 is 0. The van der Waals surface area contributed by atoms with Gasteiger partial charge >= 0.3 is 5.69 Å². The van der Waals surface area contributed by atoms with Crippen molar-refractivity contribution in [1.82, 2.24) is 19.9 Å². The van der Waals surface area contributed by atoms with Crippen LogP contribution in [0.2, 0.25) is 0 Å². The summed E-state index contributed by atoms with van der Waals surface area (Å²) in [5, 5.41) is 4.08. The first-order chi connectivity index (χ1) is 16.5. The number of H-pyrrole nitrogens is 1. The SMILES string of the molecule is CC(C)(C)c1cc2cn(CC(CNCCCN=C(N)N)OCc3ccc(F)c(F)c3)c(=O)nc2[nH]1. The fourth-order valence-corrected chi connectivity index (χ4v) is 3.48. The van der Waals surface area contributed by atoms with E-state index >= 15 is 0 Å². The lowest BCUT2D eigenvalue weighted by atomic mass is 9.92. The second kappa shape index (κ2) is 11.4. The Hall–Kier alpha value is -3.31. The molecular formula is C24H33F2N7O2. The predicted octanol–water partition coefficient (Wildman–Crippen LogP) is 2.14. The number of aliphatic imine (C=N–C) groups is 1. The number of nitrogens with two attached hydrogens (primary N) is 2. The molecule has 0 aliphatic carbocycles. The van der Waals surface area contributed by atoms with E-state index in [1.807, 2.05) is 6.07 Å². The highest BCUT2D eigenvalue weighted by Gasteiger charge is 2.18. The second-order valence-electron chi connectivity index (χ2n) is 9.46. The lowest BCUT2D eigenvalue weighted by Gasteiger charge is -2.20. The van der Waals surface area contributed by atoms with E-state index in [0.717, 1.165) is 23.2 Å². The maximum absolute atomic E-state index is 13.6. The Morgan fingerprint density at radius 1 is 1.26 bits per heavy atom. The molecule has 0 spiro atoms. The molecule has 3 aromatic rings. The Labute approximate surface area is 202 Å². The Balaban J connectivity index is 1.73. The number of ether oxygens (including phenoxy) is 1. The van der Waals surface area contributed by atoms with Gasteiger partial charge in [0.05, 0.1) is 19.3 Å². The summed E-state index contributed by atoms with van der Waals surface area (Å²) in [5.74, 6) is -1.81. The van der Waals surface area contributed by atoms with Crippen molar-refractivity contribution in [3.05, 3.63) is 63.8 Å². The van der Waals surface area contributed by atoms with Crippen molar-refractivity contribution < 1.29 is 13.5 Å². The summed E-state index contributed by atoms with van der Waals surface area (Å²) in [7, 11) is 0. The number of aromatic nitrogens is 3. The lowest BCUT2D eigenvalue weighted by molar-refractivity contribution is 0.0288. The van der Waals surface area contributed by atoms with Crippen LogP contribution >= 0.6 is 0 Å². The van der Waals surface area contributed by atoms with Crippen molar-refractivity contribution in [2.24, 2.45) is 16.5 Å². The van der Waals surface area contributed by atoms with E-state index in [1.165, 1.54) is 10.6 Å². The zero-order valence-corrected chi connectivity index (χ0v) is 20.3. The van der Waals surface area contributed by atoms with Gasteiger partial charge in [-0.2, -0.15) is 4.98 Å². The van der Waals surface area contributed by atoms with Gasteiger partial charge in [0, 0.05) is 35.8 Å². The third-order valence-corrected chi connectivity index (χ3v) is 5.43. The number of aromatic amines is 1. The first-order valence-electron chi connectivity index (χ1n) is 11.5. The standard InChI is InChI=1S/C24H33F2N7O2/c1-24(2,3)20-10-16-12-33(23(34)32-21(16)31-20)13-17(11-29-7-4-8-30-22(27)28)35-14-15-5-6-18(25)19(26)9-15/h5-6,9-10,12,17,29H,4,7-8,11,13-14H2,1-3H3,(H4,27,28,30)(H,31,32,34). The molecule has 2 aromatic heterocycles. The largest absolute Gasteiger partial charge is 0.370 e. The van der Waals surface area contributed by atoms with Crippen LogP contribution in [0.25, 0.3) is 11.0 Å². The number of benzene rings is 1. The van der Waals surface area contributed by atoms with Crippen LogP contribution in [-0.4, -0.2) is 46.2 Å². The fourth-order valence-electron chi connectivity index (χ4n) is 3.48. The highest BCUT2D eigenvalue weighted by molar-refractivity contribution is 5.76. The molecule has 0 fully saturated rings. The molecule has 2 heterocycles. The minimum absolute atomic E-state index is 0.0411. The van der Waals surface area contributed by atoms with Gasteiger partial charge in [0.25, 0.3) is 0 Å². The molecule has 190 valence electrons. The predicted molar refractivity (Wildman–Crippen MR) is 132 cm³/mol. The van der Waals surface area contributed by atoms with E-state index in [1.54, 1.807) is 6.20 Å². The number of guanidine groups is 1. The quantitative estimate of drug-likeness (QED) is 0.185. The molecule has 0 saturated heterocycles. The van der Waals surface area contributed by atoms with Crippen molar-refractivity contribution in [1.29, 1.82) is 0 Å². The first-order valence-corrected chi connectivity index (χ1v) is 11.5. The third kappa shape index (κ3) is 7.59. The van der Waals surface area contributed by atoms with Crippen molar-refractivity contribution >= 4 is 17.0 Å². The first kappa shape index (κ1) is 26.3. The number of nitrogens with one attached hydrogen (secondary N) is 2. The highest BCUT2D eigenvalue weighted by Crippen LogP contribution is 2.24. The molecule has 0 aliphatic rings. The van der Waals surface area contributed by atoms with Gasteiger partial charge in [0.1, 0.15) is 5.65 Å². The van der Waals surface area contributed by atoms with E-state index in [9.17, 15) is 13.6 Å². The molecule has 1 atom stereocenters. The molecule has 1 unspecified atom stereocenters. The summed E-state index contributed by atoms with van der Waals surface area (Å²) in [6.07, 6.45) is 2.02. The van der Waals surface area contributed by atoms with Gasteiger partial charge in [-0.25, -0.2) is 13.6 Å². The van der Waals surface area contributed by atoms with Crippen molar-refractivity contribution in [2.75, 3.05) is 19.6 Å². The molecule has 0 amide bonds. The molecule has 0 bridgehead atoms. The summed E-state index contributed by atoms with van der Waals surface area (Å²) in [6, 6.07) is 5.61. The Morgan fingerprint density at radius 3 is 2.71 bits per heavy atom. The monoisotopic (exact) mass is 489 g/mol. The molecule has 35 heavy (non-hydrogen) atoms. The topological polar surface area (TPSA) is 136 Å². The van der Waals surface area contributed by atoms with Gasteiger partial charge in [-0.05, 0) is 36.7 Å². The second-order valence-corrected chi connectivity index (χ2v) is 9.46. The van der Waals surface area contributed by atoms with Crippen LogP contribution in [0.5, 0.6) is 0 Å². The van der Waals surface area contributed by atoms with Gasteiger partial charge < -0.3 is 26.5 Å². The average Bonchev–Trinajstić information content (AvgIpc) is 3.19. The molecule has 6 N–H and O–H groups in total. The summed E-state index contributed by atoms with van der Waals surface area (Å²) in [6.45, 7) is 8.03. The zero-order chi connectivity index (χ0) is 25.6. The lowest BCUT2D eigenvalue weighted by Crippen LogP contribution is -2.36. The minimum Gasteiger partial charge on any atom is -0.370 e. The van der Waals surface area contributed by atoms with Crippen LogP contribution in [0, 0.1) is 11.6 Å². The van der Waals surface area contributed by atoms with E-state index in [-0.39, 0.29) is 24.5 Å². The molecule has 1 aromatic carbocycles. The van der Waals surface area contributed by atoms with Gasteiger partial charge in [0.2, 0.25) is 0 Å². The Bertz CT molecular complexity index is 1230. The van der Waals surface area contributed by atoms with E-state index < -0.39 is 23.4 Å². The number of halogens is 2. The zero-order valence-electron chi connectivity index (χ0n) is 20.3. The van der Waals surface area contributed by atoms with Gasteiger partial charge in [-0.3, -0.25) is 9.56 Å². The molecule has 9 nitrogen and oxygen atoms in total.